The van der Waals surface area contributed by atoms with Gasteiger partial charge in [0.25, 0.3) is 15.7 Å². The summed E-state index contributed by atoms with van der Waals surface area (Å²) in [6.07, 6.45) is 0. The fourth-order valence-electron chi connectivity index (χ4n) is 2.99. The highest BCUT2D eigenvalue weighted by Gasteiger charge is 2.26. The summed E-state index contributed by atoms with van der Waals surface area (Å²) in [5.41, 5.74) is 0.406. The Morgan fingerprint density at radius 3 is 2.52 bits per heavy atom. The lowest BCUT2D eigenvalue weighted by Gasteiger charge is -2.22. The van der Waals surface area contributed by atoms with Crippen molar-refractivity contribution < 1.29 is 27.6 Å². The molecule has 0 N–H and O–H groups in total. The highest BCUT2D eigenvalue weighted by molar-refractivity contribution is 7.92. The number of anilines is 1. The molecule has 0 saturated heterocycles. The molecule has 0 aliphatic heterocycles. The number of nitro groups is 1. The average Bonchev–Trinajstić information content (AvgIpc) is 2.82. The highest BCUT2D eigenvalue weighted by atomic mass is 35.5. The molecule has 0 heterocycles. The number of carbonyl (C=O) groups is 1. The van der Waals surface area contributed by atoms with E-state index in [4.69, 9.17) is 21.1 Å². The first kappa shape index (κ1) is 24.0. The fourth-order valence-corrected chi connectivity index (χ4v) is 4.41. The number of non-ortho nitro benzene ring substituents is 1. The van der Waals surface area contributed by atoms with E-state index in [2.05, 4.69) is 0 Å². The number of rotatable bonds is 8. The summed E-state index contributed by atoms with van der Waals surface area (Å²) < 4.78 is 37.8. The molecule has 9 nitrogen and oxygen atoms in total. The van der Waals surface area contributed by atoms with Gasteiger partial charge in [0.2, 0.25) is 0 Å². The summed E-state index contributed by atoms with van der Waals surface area (Å²) in [7, 11) is -1.28. The molecule has 0 fully saturated rings. The van der Waals surface area contributed by atoms with Crippen molar-refractivity contribution in [1.82, 2.24) is 0 Å². The SMILES string of the molecule is COc1ccccc1N(C)S(=O)(=O)c1ccc(Cl)c(C(=O)OCc2cccc([N+](=O)[O-])c2)c1. The van der Waals surface area contributed by atoms with Gasteiger partial charge in [0.1, 0.15) is 12.4 Å². The summed E-state index contributed by atoms with van der Waals surface area (Å²) in [5, 5.41) is 10.9. The van der Waals surface area contributed by atoms with Crippen LogP contribution in [0.2, 0.25) is 5.02 Å². The van der Waals surface area contributed by atoms with Crippen LogP contribution in [0.15, 0.2) is 71.6 Å². The highest BCUT2D eigenvalue weighted by Crippen LogP contribution is 2.32. The monoisotopic (exact) mass is 490 g/mol. The smallest absolute Gasteiger partial charge is 0.340 e. The molecule has 0 atom stereocenters. The maximum atomic E-state index is 13.2. The Bertz CT molecular complexity index is 1310. The molecule has 3 aromatic rings. The minimum Gasteiger partial charge on any atom is -0.495 e. The molecule has 0 bridgehead atoms. The van der Waals surface area contributed by atoms with Gasteiger partial charge in [-0.25, -0.2) is 13.2 Å². The number of hydrogen-bond acceptors (Lipinski definition) is 7. The molecule has 0 unspecified atom stereocenters. The van der Waals surface area contributed by atoms with E-state index in [0.717, 1.165) is 10.4 Å². The van der Waals surface area contributed by atoms with E-state index in [0.29, 0.717) is 17.0 Å². The molecular formula is C22H19ClN2O7S. The van der Waals surface area contributed by atoms with Gasteiger partial charge in [0, 0.05) is 19.2 Å². The van der Waals surface area contributed by atoms with Gasteiger partial charge in [0.15, 0.2) is 0 Å². The Hall–Kier alpha value is -3.63. The van der Waals surface area contributed by atoms with Crippen molar-refractivity contribution in [3.05, 3.63) is 93.0 Å². The third-order valence-electron chi connectivity index (χ3n) is 4.73. The second kappa shape index (κ2) is 9.88. The zero-order chi connectivity index (χ0) is 24.2. The predicted molar refractivity (Wildman–Crippen MR) is 122 cm³/mol. The number of methoxy groups -OCH3 is 1. The largest absolute Gasteiger partial charge is 0.495 e. The Balaban J connectivity index is 1.86. The zero-order valence-corrected chi connectivity index (χ0v) is 19.2. The number of para-hydroxylation sites is 2. The van der Waals surface area contributed by atoms with Crippen molar-refractivity contribution in [3.8, 4) is 5.75 Å². The van der Waals surface area contributed by atoms with E-state index in [1.165, 1.54) is 44.5 Å². The van der Waals surface area contributed by atoms with Gasteiger partial charge in [-0.1, -0.05) is 35.9 Å². The van der Waals surface area contributed by atoms with Crippen LogP contribution in [0.1, 0.15) is 15.9 Å². The summed E-state index contributed by atoms with van der Waals surface area (Å²) in [5.74, 6) is -0.516. The molecule has 11 heteroatoms. The van der Waals surface area contributed by atoms with Crippen molar-refractivity contribution in [2.75, 3.05) is 18.5 Å². The molecule has 0 radical (unpaired) electrons. The first-order valence-corrected chi connectivity index (χ1v) is 11.3. The van der Waals surface area contributed by atoms with Gasteiger partial charge in [0.05, 0.1) is 33.2 Å². The van der Waals surface area contributed by atoms with Crippen molar-refractivity contribution >= 4 is 39.0 Å². The lowest BCUT2D eigenvalue weighted by Crippen LogP contribution is -2.27. The van der Waals surface area contributed by atoms with Gasteiger partial charge in [-0.05, 0) is 35.9 Å². The average molecular weight is 491 g/mol. The summed E-state index contributed by atoms with van der Waals surface area (Å²) in [6.45, 7) is -0.255. The van der Waals surface area contributed by atoms with E-state index >= 15 is 0 Å². The molecule has 3 aromatic carbocycles. The van der Waals surface area contributed by atoms with Crippen molar-refractivity contribution in [3.63, 3.8) is 0 Å². The van der Waals surface area contributed by atoms with Crippen LogP contribution in [0.3, 0.4) is 0 Å². The minimum atomic E-state index is -4.07. The Labute approximate surface area is 195 Å². The topological polar surface area (TPSA) is 116 Å². The number of ether oxygens (including phenoxy) is 2. The fraction of sp³-hybridized carbons (Fsp3) is 0.136. The number of carbonyl (C=O) groups excluding carboxylic acids is 1. The van der Waals surface area contributed by atoms with Crippen LogP contribution >= 0.6 is 11.6 Å². The molecule has 0 aliphatic rings. The first-order valence-electron chi connectivity index (χ1n) is 9.47. The van der Waals surface area contributed by atoms with Crippen LogP contribution in [-0.2, 0) is 21.4 Å². The third kappa shape index (κ3) is 5.24. The number of nitro benzene ring substituents is 1. The number of nitrogens with zero attached hydrogens (tertiary/aromatic N) is 2. The summed E-state index contributed by atoms with van der Waals surface area (Å²) >= 11 is 6.12. The Morgan fingerprint density at radius 2 is 1.82 bits per heavy atom. The van der Waals surface area contributed by atoms with Gasteiger partial charge < -0.3 is 9.47 Å². The van der Waals surface area contributed by atoms with Gasteiger partial charge >= 0.3 is 5.97 Å². The van der Waals surface area contributed by atoms with E-state index in [-0.39, 0.29) is 27.8 Å². The molecule has 0 spiro atoms. The van der Waals surface area contributed by atoms with Crippen LogP contribution in [0, 0.1) is 10.1 Å². The Kier molecular flexibility index (Phi) is 7.19. The molecule has 33 heavy (non-hydrogen) atoms. The van der Waals surface area contributed by atoms with E-state index < -0.39 is 20.9 Å². The molecule has 0 amide bonds. The maximum Gasteiger partial charge on any atom is 0.340 e. The predicted octanol–water partition coefficient (Wildman–Crippen LogP) is 4.44. The third-order valence-corrected chi connectivity index (χ3v) is 6.83. The molecular weight excluding hydrogens is 472 g/mol. The molecule has 3 rings (SSSR count). The minimum absolute atomic E-state index is 0.00191. The second-order valence-electron chi connectivity index (χ2n) is 6.79. The zero-order valence-electron chi connectivity index (χ0n) is 17.6. The van der Waals surface area contributed by atoms with Crippen molar-refractivity contribution in [2.24, 2.45) is 0 Å². The normalized spacial score (nSPS) is 11.0. The second-order valence-corrected chi connectivity index (χ2v) is 9.17. The lowest BCUT2D eigenvalue weighted by atomic mass is 10.2. The van der Waals surface area contributed by atoms with Crippen molar-refractivity contribution in [1.29, 1.82) is 0 Å². The van der Waals surface area contributed by atoms with Crippen LogP contribution < -0.4 is 9.04 Å². The number of halogens is 1. The summed E-state index contributed by atoms with van der Waals surface area (Å²) in [4.78, 5) is 22.8. The standard InChI is InChI=1S/C22H19ClN2O7S/c1-24(20-8-3-4-9-21(20)31-2)33(29,30)17-10-11-19(23)18(13-17)22(26)32-14-15-6-5-7-16(12-15)25(27)28/h3-13H,14H2,1-2H3. The van der Waals surface area contributed by atoms with Crippen LogP contribution in [0.4, 0.5) is 11.4 Å². The first-order chi connectivity index (χ1) is 15.6. The number of esters is 1. The summed E-state index contributed by atoms with van der Waals surface area (Å²) in [6, 6.07) is 15.9. The Morgan fingerprint density at radius 1 is 1.09 bits per heavy atom. The van der Waals surface area contributed by atoms with Gasteiger partial charge in [-0.15, -0.1) is 0 Å². The van der Waals surface area contributed by atoms with Gasteiger partial charge in [-0.2, -0.15) is 0 Å². The molecule has 0 aliphatic carbocycles. The number of sulfonamides is 1. The van der Waals surface area contributed by atoms with Crippen LogP contribution in [0.5, 0.6) is 5.75 Å². The number of hydrogen-bond donors (Lipinski definition) is 0. The molecule has 0 aromatic heterocycles. The van der Waals surface area contributed by atoms with Crippen molar-refractivity contribution in [2.45, 2.75) is 11.5 Å². The van der Waals surface area contributed by atoms with Crippen LogP contribution in [0.25, 0.3) is 0 Å². The van der Waals surface area contributed by atoms with Gasteiger partial charge in [-0.3, -0.25) is 14.4 Å². The quantitative estimate of drug-likeness (QED) is 0.260. The van der Waals surface area contributed by atoms with E-state index in [1.807, 2.05) is 0 Å². The lowest BCUT2D eigenvalue weighted by molar-refractivity contribution is -0.384. The van der Waals surface area contributed by atoms with E-state index in [1.54, 1.807) is 30.3 Å². The maximum absolute atomic E-state index is 13.2. The van der Waals surface area contributed by atoms with Crippen LogP contribution in [-0.4, -0.2) is 33.5 Å². The van der Waals surface area contributed by atoms with E-state index in [9.17, 15) is 23.3 Å². The molecule has 172 valence electrons. The molecule has 0 saturated carbocycles. The number of benzene rings is 3.